The van der Waals surface area contributed by atoms with Gasteiger partial charge in [0, 0.05) is 35.5 Å². The highest BCUT2D eigenvalue weighted by molar-refractivity contribution is 6.31. The average Bonchev–Trinajstić information content (AvgIpc) is 3.31. The largest absolute Gasteiger partial charge is 0.493 e. The minimum absolute atomic E-state index is 0.00276. The number of hydrogen-bond acceptors (Lipinski definition) is 3. The number of benzene rings is 2. The highest BCUT2D eigenvalue weighted by Gasteiger charge is 2.48. The maximum Gasteiger partial charge on any atom is 0.233 e. The molecule has 1 heterocycles. The molecule has 2 N–H and O–H groups in total. The summed E-state index contributed by atoms with van der Waals surface area (Å²) in [6, 6.07) is 12.1. The molecule has 2 aliphatic rings. The number of carbonyl (C=O) groups excluding carboxylic acids is 2. The van der Waals surface area contributed by atoms with E-state index >= 15 is 0 Å². The first-order valence-electron chi connectivity index (χ1n) is 12.0. The average molecular weight is 487 g/mol. The van der Waals surface area contributed by atoms with E-state index in [1.54, 1.807) is 24.3 Å². The van der Waals surface area contributed by atoms with Crippen LogP contribution in [0.15, 0.2) is 42.5 Å². The monoisotopic (exact) mass is 486 g/mol. The molecule has 2 amide bonds. The standard InChI is InChI=1S/C27H32ClFN2O3/c1-19-16-20(8-9-22(19)28)34-18-26(17-24(30)32)12-14-31(15-13-26)25(33)27(10-4-5-11-27)21-6-2-3-7-23(21)29/h2-3,6-9,16H,4-5,10-15,17-18H2,1H3,(H2,30,32). The highest BCUT2D eigenvalue weighted by atomic mass is 35.5. The zero-order valence-electron chi connectivity index (χ0n) is 19.6. The van der Waals surface area contributed by atoms with Crippen LogP contribution in [0.2, 0.25) is 5.02 Å². The van der Waals surface area contributed by atoms with Gasteiger partial charge in [0.1, 0.15) is 11.6 Å². The van der Waals surface area contributed by atoms with Gasteiger partial charge in [-0.25, -0.2) is 4.39 Å². The molecular weight excluding hydrogens is 455 g/mol. The van der Waals surface area contributed by atoms with Gasteiger partial charge in [0.2, 0.25) is 11.8 Å². The van der Waals surface area contributed by atoms with Crippen LogP contribution in [0, 0.1) is 18.2 Å². The number of piperidine rings is 1. The summed E-state index contributed by atoms with van der Waals surface area (Å²) >= 11 is 6.11. The van der Waals surface area contributed by atoms with Crippen LogP contribution in [0.5, 0.6) is 5.75 Å². The van der Waals surface area contributed by atoms with Crippen LogP contribution in [0.3, 0.4) is 0 Å². The number of nitrogens with zero attached hydrogens (tertiary/aromatic N) is 1. The fourth-order valence-electron chi connectivity index (χ4n) is 5.60. The van der Waals surface area contributed by atoms with Gasteiger partial charge in [0.05, 0.1) is 12.0 Å². The summed E-state index contributed by atoms with van der Waals surface area (Å²) in [4.78, 5) is 27.5. The van der Waals surface area contributed by atoms with E-state index in [9.17, 15) is 14.0 Å². The number of carbonyl (C=O) groups is 2. The minimum atomic E-state index is -0.799. The molecule has 1 aliphatic carbocycles. The van der Waals surface area contributed by atoms with E-state index in [2.05, 4.69) is 0 Å². The van der Waals surface area contributed by atoms with Gasteiger partial charge in [-0.15, -0.1) is 0 Å². The lowest BCUT2D eigenvalue weighted by atomic mass is 9.73. The molecule has 2 fully saturated rings. The van der Waals surface area contributed by atoms with Crippen molar-refractivity contribution >= 4 is 23.4 Å². The number of amides is 2. The maximum absolute atomic E-state index is 14.7. The summed E-state index contributed by atoms with van der Waals surface area (Å²) in [5.74, 6) is -0.00971. The van der Waals surface area contributed by atoms with Crippen molar-refractivity contribution < 1.29 is 18.7 Å². The number of primary amides is 1. The Balaban J connectivity index is 1.49. The van der Waals surface area contributed by atoms with Gasteiger partial charge < -0.3 is 15.4 Å². The lowest BCUT2D eigenvalue weighted by molar-refractivity contribution is -0.140. The van der Waals surface area contributed by atoms with Crippen molar-refractivity contribution in [1.29, 1.82) is 0 Å². The Bertz CT molecular complexity index is 1060. The Labute approximate surface area is 205 Å². The molecule has 34 heavy (non-hydrogen) atoms. The van der Waals surface area contributed by atoms with E-state index < -0.39 is 10.8 Å². The second-order valence-corrected chi connectivity index (χ2v) is 10.3. The molecule has 1 aliphatic heterocycles. The Hall–Kier alpha value is -2.60. The number of halogens is 2. The number of ether oxygens (including phenoxy) is 1. The van der Waals surface area contributed by atoms with Gasteiger partial charge in [-0.05, 0) is 62.4 Å². The fourth-order valence-corrected chi connectivity index (χ4v) is 5.72. The molecule has 0 unspecified atom stereocenters. The molecule has 0 bridgehead atoms. The summed E-state index contributed by atoms with van der Waals surface area (Å²) in [6.45, 7) is 3.22. The molecule has 0 aromatic heterocycles. The summed E-state index contributed by atoms with van der Waals surface area (Å²) < 4.78 is 20.8. The maximum atomic E-state index is 14.7. The predicted molar refractivity (Wildman–Crippen MR) is 130 cm³/mol. The summed E-state index contributed by atoms with van der Waals surface area (Å²) in [7, 11) is 0. The second-order valence-electron chi connectivity index (χ2n) is 9.90. The van der Waals surface area contributed by atoms with Crippen molar-refractivity contribution in [2.75, 3.05) is 19.7 Å². The van der Waals surface area contributed by atoms with Gasteiger partial charge in [-0.1, -0.05) is 42.6 Å². The molecule has 182 valence electrons. The molecule has 0 radical (unpaired) electrons. The van der Waals surface area contributed by atoms with Crippen LogP contribution >= 0.6 is 11.6 Å². The highest BCUT2D eigenvalue weighted by Crippen LogP contribution is 2.45. The molecule has 1 saturated carbocycles. The zero-order valence-corrected chi connectivity index (χ0v) is 20.4. The van der Waals surface area contributed by atoms with Crippen molar-refractivity contribution in [2.24, 2.45) is 11.1 Å². The van der Waals surface area contributed by atoms with Crippen molar-refractivity contribution in [3.8, 4) is 5.75 Å². The van der Waals surface area contributed by atoms with E-state index in [1.165, 1.54) is 6.07 Å². The third kappa shape index (κ3) is 4.92. The van der Waals surface area contributed by atoms with Crippen LogP contribution in [-0.4, -0.2) is 36.4 Å². The SMILES string of the molecule is Cc1cc(OCC2(CC(N)=O)CCN(C(=O)C3(c4ccccc4F)CCCC3)CC2)ccc1Cl. The van der Waals surface area contributed by atoms with Crippen LogP contribution in [0.25, 0.3) is 0 Å². The Morgan fingerprint density at radius 2 is 1.76 bits per heavy atom. The van der Waals surface area contributed by atoms with E-state index in [-0.39, 0.29) is 24.1 Å². The Morgan fingerprint density at radius 1 is 1.09 bits per heavy atom. The normalized spacial score (nSPS) is 19.1. The third-order valence-electron chi connectivity index (χ3n) is 7.59. The molecule has 2 aromatic rings. The number of likely N-dealkylation sites (tertiary alicyclic amines) is 1. The second kappa shape index (κ2) is 9.95. The number of hydrogen-bond donors (Lipinski definition) is 1. The van der Waals surface area contributed by atoms with Crippen molar-refractivity contribution in [1.82, 2.24) is 4.90 Å². The molecule has 0 atom stereocenters. The molecule has 7 heteroatoms. The zero-order chi connectivity index (χ0) is 24.3. The lowest BCUT2D eigenvalue weighted by Gasteiger charge is -2.44. The molecule has 2 aromatic carbocycles. The van der Waals surface area contributed by atoms with E-state index in [4.69, 9.17) is 22.1 Å². The smallest absolute Gasteiger partial charge is 0.233 e. The summed E-state index contributed by atoms with van der Waals surface area (Å²) in [5.41, 5.74) is 5.77. The minimum Gasteiger partial charge on any atom is -0.493 e. The van der Waals surface area contributed by atoms with Crippen LogP contribution < -0.4 is 10.5 Å². The molecule has 5 nitrogen and oxygen atoms in total. The van der Waals surface area contributed by atoms with Gasteiger partial charge in [-0.3, -0.25) is 9.59 Å². The third-order valence-corrected chi connectivity index (χ3v) is 8.01. The van der Waals surface area contributed by atoms with Gasteiger partial charge in [0.25, 0.3) is 0 Å². The number of nitrogens with two attached hydrogens (primary N) is 1. The number of rotatable bonds is 7. The molecule has 0 spiro atoms. The topological polar surface area (TPSA) is 72.6 Å². The van der Waals surface area contributed by atoms with Gasteiger partial charge in [-0.2, -0.15) is 0 Å². The van der Waals surface area contributed by atoms with E-state index in [1.807, 2.05) is 24.0 Å². The first kappa shape index (κ1) is 24.5. The first-order valence-corrected chi connectivity index (χ1v) is 12.3. The van der Waals surface area contributed by atoms with Crippen molar-refractivity contribution in [3.05, 3.63) is 64.4 Å². The lowest BCUT2D eigenvalue weighted by Crippen LogP contribution is -2.52. The Kier molecular flexibility index (Phi) is 7.17. The molecular formula is C27H32ClFN2O3. The van der Waals surface area contributed by atoms with Crippen LogP contribution in [0.4, 0.5) is 4.39 Å². The predicted octanol–water partition coefficient (Wildman–Crippen LogP) is 5.16. The molecule has 1 saturated heterocycles. The van der Waals surface area contributed by atoms with E-state index in [0.29, 0.717) is 61.7 Å². The number of aryl methyl sites for hydroxylation is 1. The first-order chi connectivity index (χ1) is 16.2. The quantitative estimate of drug-likeness (QED) is 0.587. The van der Waals surface area contributed by atoms with Gasteiger partial charge >= 0.3 is 0 Å². The molecule has 4 rings (SSSR count). The van der Waals surface area contributed by atoms with E-state index in [0.717, 1.165) is 18.4 Å². The van der Waals surface area contributed by atoms with Crippen molar-refractivity contribution in [3.63, 3.8) is 0 Å². The summed E-state index contributed by atoms with van der Waals surface area (Å²) in [5, 5.41) is 0.668. The van der Waals surface area contributed by atoms with Crippen LogP contribution in [-0.2, 0) is 15.0 Å². The summed E-state index contributed by atoms with van der Waals surface area (Å²) in [6.07, 6.45) is 4.54. The fraction of sp³-hybridized carbons (Fsp3) is 0.481. The van der Waals surface area contributed by atoms with Gasteiger partial charge in [0.15, 0.2) is 0 Å². The Morgan fingerprint density at radius 3 is 2.38 bits per heavy atom. The van der Waals surface area contributed by atoms with Crippen LogP contribution in [0.1, 0.15) is 56.1 Å². The van der Waals surface area contributed by atoms with Crippen molar-refractivity contribution in [2.45, 2.75) is 57.3 Å².